The number of hydrogen-bond donors (Lipinski definition) is 2. The van der Waals surface area contributed by atoms with Crippen molar-refractivity contribution in [3.63, 3.8) is 0 Å². The molecule has 4 nitrogen and oxygen atoms in total. The van der Waals surface area contributed by atoms with Crippen LogP contribution in [0.3, 0.4) is 0 Å². The van der Waals surface area contributed by atoms with Gasteiger partial charge in [0.15, 0.2) is 5.82 Å². The highest BCUT2D eigenvalue weighted by molar-refractivity contribution is 5.94. The molecule has 1 heterocycles. The number of aryl methyl sites for hydroxylation is 1. The highest BCUT2D eigenvalue weighted by Gasteiger charge is 2.00. The van der Waals surface area contributed by atoms with Crippen LogP contribution in [-0.4, -0.2) is 23.1 Å². The molecule has 0 amide bonds. The van der Waals surface area contributed by atoms with Crippen LogP contribution in [0.25, 0.3) is 0 Å². The summed E-state index contributed by atoms with van der Waals surface area (Å²) in [4.78, 5) is 4.13. The van der Waals surface area contributed by atoms with E-state index in [4.69, 9.17) is 0 Å². The van der Waals surface area contributed by atoms with Gasteiger partial charge in [-0.2, -0.15) is 5.10 Å². The third-order valence-corrected chi connectivity index (χ3v) is 1.74. The number of hydrogen-bond acceptors (Lipinski definition) is 2. The van der Waals surface area contributed by atoms with Crippen LogP contribution in [0.5, 0.6) is 0 Å². The molecular weight excluding hydrogens is 164 g/mol. The lowest BCUT2D eigenvalue weighted by atomic mass is 10.3. The molecule has 0 aliphatic heterocycles. The molecule has 1 aromatic rings. The van der Waals surface area contributed by atoms with Crippen molar-refractivity contribution in [2.75, 3.05) is 12.4 Å². The quantitative estimate of drug-likeness (QED) is 0.552. The molecule has 0 radical (unpaired) electrons. The number of anilines is 1. The van der Waals surface area contributed by atoms with Gasteiger partial charge in [-0.25, -0.2) is 0 Å². The fraction of sp³-hybridized carbons (Fsp3) is 0.556. The fourth-order valence-corrected chi connectivity index (χ4v) is 1.10. The summed E-state index contributed by atoms with van der Waals surface area (Å²) in [5, 5.41) is 10.1. The maximum Gasteiger partial charge on any atom is 0.153 e. The number of H-pyrrole nitrogens is 1. The largest absolute Gasteiger partial charge is 0.327 e. The van der Waals surface area contributed by atoms with E-state index in [-0.39, 0.29) is 0 Å². The molecule has 0 bridgehead atoms. The number of aromatic amines is 1. The van der Waals surface area contributed by atoms with E-state index in [1.807, 2.05) is 13.0 Å². The molecule has 0 atom stereocenters. The van der Waals surface area contributed by atoms with E-state index in [2.05, 4.69) is 27.4 Å². The van der Waals surface area contributed by atoms with Gasteiger partial charge in [0.1, 0.15) is 5.84 Å². The second kappa shape index (κ2) is 4.64. The molecule has 13 heavy (non-hydrogen) atoms. The minimum absolute atomic E-state index is 0.839. The van der Waals surface area contributed by atoms with E-state index in [1.165, 1.54) is 0 Å². The van der Waals surface area contributed by atoms with Crippen LogP contribution in [0.15, 0.2) is 11.1 Å². The SMILES string of the molecule is CCCC(=NC)Nc1cc(C)[nH]n1. The van der Waals surface area contributed by atoms with Crippen LogP contribution < -0.4 is 5.32 Å². The van der Waals surface area contributed by atoms with Crippen LogP contribution in [0.2, 0.25) is 0 Å². The van der Waals surface area contributed by atoms with Gasteiger partial charge in [0, 0.05) is 25.2 Å². The first-order valence-electron chi connectivity index (χ1n) is 4.51. The minimum atomic E-state index is 0.839. The van der Waals surface area contributed by atoms with Gasteiger partial charge in [-0.15, -0.1) is 0 Å². The first-order valence-corrected chi connectivity index (χ1v) is 4.51. The van der Waals surface area contributed by atoms with Crippen molar-refractivity contribution in [1.82, 2.24) is 10.2 Å². The van der Waals surface area contributed by atoms with Gasteiger partial charge >= 0.3 is 0 Å². The summed E-state index contributed by atoms with van der Waals surface area (Å²) in [5.74, 6) is 1.82. The Balaban J connectivity index is 2.57. The highest BCUT2D eigenvalue weighted by Crippen LogP contribution is 2.05. The molecule has 0 unspecified atom stereocenters. The maximum absolute atomic E-state index is 4.13. The van der Waals surface area contributed by atoms with E-state index >= 15 is 0 Å². The van der Waals surface area contributed by atoms with Gasteiger partial charge in [-0.3, -0.25) is 10.1 Å². The standard InChI is InChI=1S/C9H16N4/c1-4-5-8(10-3)11-9-6-7(2)12-13-9/h6H,4-5H2,1-3H3,(H2,10,11,12,13). The lowest BCUT2D eigenvalue weighted by Crippen LogP contribution is -2.11. The van der Waals surface area contributed by atoms with Crippen molar-refractivity contribution in [3.8, 4) is 0 Å². The molecule has 0 saturated heterocycles. The van der Waals surface area contributed by atoms with Crippen molar-refractivity contribution < 1.29 is 0 Å². The van der Waals surface area contributed by atoms with E-state index < -0.39 is 0 Å². The molecule has 4 heteroatoms. The molecule has 0 fully saturated rings. The maximum atomic E-state index is 4.13. The molecule has 0 aliphatic rings. The van der Waals surface area contributed by atoms with Gasteiger partial charge < -0.3 is 5.32 Å². The zero-order valence-corrected chi connectivity index (χ0v) is 8.39. The summed E-state index contributed by atoms with van der Waals surface area (Å²) in [6.45, 7) is 4.10. The van der Waals surface area contributed by atoms with Crippen LogP contribution in [-0.2, 0) is 0 Å². The molecule has 2 N–H and O–H groups in total. The van der Waals surface area contributed by atoms with Gasteiger partial charge in [-0.1, -0.05) is 6.92 Å². The van der Waals surface area contributed by atoms with Crippen LogP contribution >= 0.6 is 0 Å². The Labute approximate surface area is 78.5 Å². The fourth-order valence-electron chi connectivity index (χ4n) is 1.10. The molecule has 0 aromatic carbocycles. The Bertz CT molecular complexity index is 288. The number of nitrogens with one attached hydrogen (secondary N) is 2. The van der Waals surface area contributed by atoms with Gasteiger partial charge in [0.25, 0.3) is 0 Å². The predicted molar refractivity (Wildman–Crippen MR) is 55.2 cm³/mol. The first kappa shape index (κ1) is 9.77. The Morgan fingerprint density at radius 3 is 2.92 bits per heavy atom. The van der Waals surface area contributed by atoms with Crippen molar-refractivity contribution >= 4 is 11.7 Å². The van der Waals surface area contributed by atoms with Crippen molar-refractivity contribution in [3.05, 3.63) is 11.8 Å². The van der Waals surface area contributed by atoms with Gasteiger partial charge in [-0.05, 0) is 13.3 Å². The second-order valence-corrected chi connectivity index (χ2v) is 2.98. The zero-order valence-electron chi connectivity index (χ0n) is 8.39. The van der Waals surface area contributed by atoms with Gasteiger partial charge in [0.2, 0.25) is 0 Å². The smallest absolute Gasteiger partial charge is 0.153 e. The summed E-state index contributed by atoms with van der Waals surface area (Å²) in [6.07, 6.45) is 2.05. The minimum Gasteiger partial charge on any atom is -0.327 e. The Morgan fingerprint density at radius 1 is 1.69 bits per heavy atom. The predicted octanol–water partition coefficient (Wildman–Crippen LogP) is 1.96. The number of aliphatic imine (C=N–C) groups is 1. The van der Waals surface area contributed by atoms with E-state index in [0.29, 0.717) is 0 Å². The third kappa shape index (κ3) is 2.89. The number of aromatic nitrogens is 2. The van der Waals surface area contributed by atoms with E-state index in [9.17, 15) is 0 Å². The average Bonchev–Trinajstić information content (AvgIpc) is 2.50. The Morgan fingerprint density at radius 2 is 2.46 bits per heavy atom. The molecule has 72 valence electrons. The molecule has 0 spiro atoms. The number of amidine groups is 1. The van der Waals surface area contributed by atoms with Crippen LogP contribution in [0.4, 0.5) is 5.82 Å². The van der Waals surface area contributed by atoms with E-state index in [0.717, 1.165) is 30.2 Å². The van der Waals surface area contributed by atoms with Crippen LogP contribution in [0, 0.1) is 6.92 Å². The van der Waals surface area contributed by atoms with Crippen molar-refractivity contribution in [1.29, 1.82) is 0 Å². The molecule has 1 aromatic heterocycles. The monoisotopic (exact) mass is 180 g/mol. The summed E-state index contributed by atoms with van der Waals surface area (Å²) in [7, 11) is 1.79. The van der Waals surface area contributed by atoms with E-state index in [1.54, 1.807) is 7.05 Å². The normalized spacial score (nSPS) is 11.8. The summed E-state index contributed by atoms with van der Waals surface area (Å²) in [5.41, 5.74) is 1.05. The summed E-state index contributed by atoms with van der Waals surface area (Å²) < 4.78 is 0. The number of rotatable bonds is 3. The summed E-state index contributed by atoms with van der Waals surface area (Å²) in [6, 6.07) is 1.96. The molecule has 1 rings (SSSR count). The summed E-state index contributed by atoms with van der Waals surface area (Å²) >= 11 is 0. The van der Waals surface area contributed by atoms with Crippen LogP contribution in [0.1, 0.15) is 25.5 Å². The zero-order chi connectivity index (χ0) is 9.68. The number of nitrogens with zero attached hydrogens (tertiary/aromatic N) is 2. The van der Waals surface area contributed by atoms with Crippen molar-refractivity contribution in [2.45, 2.75) is 26.7 Å². The van der Waals surface area contributed by atoms with Crippen molar-refractivity contribution in [2.24, 2.45) is 4.99 Å². The molecule has 0 aliphatic carbocycles. The van der Waals surface area contributed by atoms with Gasteiger partial charge in [0.05, 0.1) is 0 Å². The Hall–Kier alpha value is -1.32. The average molecular weight is 180 g/mol. The Kier molecular flexibility index (Phi) is 3.49. The lowest BCUT2D eigenvalue weighted by molar-refractivity contribution is 0.982. The second-order valence-electron chi connectivity index (χ2n) is 2.98. The third-order valence-electron chi connectivity index (χ3n) is 1.74. The highest BCUT2D eigenvalue weighted by atomic mass is 15.2. The molecular formula is C9H16N4. The molecule has 0 saturated carbocycles. The lowest BCUT2D eigenvalue weighted by Gasteiger charge is -2.03. The topological polar surface area (TPSA) is 53.1 Å². The first-order chi connectivity index (χ1) is 6.26.